The van der Waals surface area contributed by atoms with E-state index >= 15 is 0 Å². The summed E-state index contributed by atoms with van der Waals surface area (Å²) in [6, 6.07) is 0. The van der Waals surface area contributed by atoms with Gasteiger partial charge in [-0.3, -0.25) is 14.9 Å². The third-order valence-electron chi connectivity index (χ3n) is 3.99. The monoisotopic (exact) mass is 321 g/mol. The SMILES string of the molecule is CCc1c(C)nc2c(-c3cnn(-c4cnccn4)c3)c[nH]n2c1=O. The predicted molar refractivity (Wildman–Crippen MR) is 88.1 cm³/mol. The summed E-state index contributed by atoms with van der Waals surface area (Å²) in [7, 11) is 0. The van der Waals surface area contributed by atoms with Crippen LogP contribution in [0.5, 0.6) is 0 Å². The Morgan fingerprint density at radius 3 is 2.88 bits per heavy atom. The lowest BCUT2D eigenvalue weighted by Gasteiger charge is -2.03. The maximum atomic E-state index is 12.5. The van der Waals surface area contributed by atoms with E-state index in [9.17, 15) is 4.79 Å². The molecular formula is C16H15N7O. The van der Waals surface area contributed by atoms with Gasteiger partial charge in [0, 0.05) is 47.2 Å². The molecular weight excluding hydrogens is 306 g/mol. The molecule has 0 saturated carbocycles. The van der Waals surface area contributed by atoms with Gasteiger partial charge in [-0.25, -0.2) is 19.2 Å². The van der Waals surface area contributed by atoms with Gasteiger partial charge < -0.3 is 0 Å². The van der Waals surface area contributed by atoms with E-state index in [4.69, 9.17) is 0 Å². The molecule has 0 atom stereocenters. The second kappa shape index (κ2) is 5.41. The van der Waals surface area contributed by atoms with Crippen LogP contribution in [0.3, 0.4) is 0 Å². The highest BCUT2D eigenvalue weighted by molar-refractivity contribution is 5.76. The predicted octanol–water partition coefficient (Wildman–Crippen LogP) is 1.54. The van der Waals surface area contributed by atoms with Gasteiger partial charge in [0.2, 0.25) is 0 Å². The number of fused-ring (bicyclic) bond motifs is 1. The van der Waals surface area contributed by atoms with Crippen LogP contribution in [0.15, 0.2) is 42.0 Å². The van der Waals surface area contributed by atoms with E-state index < -0.39 is 0 Å². The maximum absolute atomic E-state index is 12.5. The third kappa shape index (κ3) is 2.11. The van der Waals surface area contributed by atoms with Crippen LogP contribution in [0.25, 0.3) is 22.6 Å². The second-order valence-electron chi connectivity index (χ2n) is 5.42. The van der Waals surface area contributed by atoms with Gasteiger partial charge in [-0.15, -0.1) is 0 Å². The Labute approximate surface area is 136 Å². The van der Waals surface area contributed by atoms with Gasteiger partial charge in [-0.05, 0) is 13.3 Å². The largest absolute Gasteiger partial charge is 0.296 e. The molecule has 0 amide bonds. The summed E-state index contributed by atoms with van der Waals surface area (Å²) in [5.41, 5.74) is 3.66. The number of aromatic amines is 1. The molecule has 0 radical (unpaired) electrons. The van der Waals surface area contributed by atoms with E-state index in [1.807, 2.05) is 20.0 Å². The van der Waals surface area contributed by atoms with E-state index in [2.05, 4.69) is 25.1 Å². The minimum absolute atomic E-state index is 0.0624. The van der Waals surface area contributed by atoms with E-state index in [1.165, 1.54) is 4.52 Å². The maximum Gasteiger partial charge on any atom is 0.276 e. The van der Waals surface area contributed by atoms with Gasteiger partial charge in [-0.1, -0.05) is 6.92 Å². The Bertz CT molecular complexity index is 1070. The molecule has 24 heavy (non-hydrogen) atoms. The number of aryl methyl sites for hydroxylation is 1. The Morgan fingerprint density at radius 1 is 1.25 bits per heavy atom. The molecule has 1 N–H and O–H groups in total. The summed E-state index contributed by atoms with van der Waals surface area (Å²) in [4.78, 5) is 25.4. The topological polar surface area (TPSA) is 93.8 Å². The molecule has 0 aromatic carbocycles. The highest BCUT2D eigenvalue weighted by atomic mass is 16.1. The molecule has 0 fully saturated rings. The summed E-state index contributed by atoms with van der Waals surface area (Å²) < 4.78 is 3.11. The fourth-order valence-corrected chi connectivity index (χ4v) is 2.77. The van der Waals surface area contributed by atoms with Crippen molar-refractivity contribution in [2.45, 2.75) is 20.3 Å². The molecule has 0 spiro atoms. The smallest absolute Gasteiger partial charge is 0.276 e. The number of nitrogens with zero attached hydrogens (tertiary/aromatic N) is 6. The number of nitrogens with one attached hydrogen (secondary N) is 1. The fourth-order valence-electron chi connectivity index (χ4n) is 2.77. The van der Waals surface area contributed by atoms with Crippen molar-refractivity contribution in [1.82, 2.24) is 34.3 Å². The van der Waals surface area contributed by atoms with Crippen LogP contribution >= 0.6 is 0 Å². The standard InChI is InChI=1S/C16H15N7O/c1-3-12-10(2)21-15-13(7-20-23(15)16(12)24)11-6-19-22(9-11)14-8-17-4-5-18-14/h4-9,20H,3H2,1-2H3. The minimum Gasteiger partial charge on any atom is -0.296 e. The number of rotatable bonds is 3. The lowest BCUT2D eigenvalue weighted by Crippen LogP contribution is -2.21. The van der Waals surface area contributed by atoms with Crippen LogP contribution in [0.1, 0.15) is 18.2 Å². The van der Waals surface area contributed by atoms with Gasteiger partial charge >= 0.3 is 0 Å². The third-order valence-corrected chi connectivity index (χ3v) is 3.99. The van der Waals surface area contributed by atoms with Crippen molar-refractivity contribution in [3.63, 3.8) is 0 Å². The first-order valence-corrected chi connectivity index (χ1v) is 7.60. The molecule has 0 unspecified atom stereocenters. The molecule has 0 saturated heterocycles. The number of aromatic nitrogens is 7. The average molecular weight is 321 g/mol. The van der Waals surface area contributed by atoms with E-state index in [0.29, 0.717) is 17.9 Å². The zero-order valence-corrected chi connectivity index (χ0v) is 13.3. The van der Waals surface area contributed by atoms with Gasteiger partial charge in [0.25, 0.3) is 5.56 Å². The lowest BCUT2D eigenvalue weighted by atomic mass is 10.1. The van der Waals surface area contributed by atoms with Gasteiger partial charge in [0.05, 0.1) is 12.4 Å². The molecule has 0 aliphatic carbocycles. The van der Waals surface area contributed by atoms with Crippen LogP contribution in [-0.2, 0) is 6.42 Å². The number of H-pyrrole nitrogens is 1. The van der Waals surface area contributed by atoms with Crippen molar-refractivity contribution in [3.8, 4) is 16.9 Å². The highest BCUT2D eigenvalue weighted by Crippen LogP contribution is 2.23. The Hall–Kier alpha value is -3.29. The normalized spacial score (nSPS) is 11.2. The zero-order chi connectivity index (χ0) is 16.7. The molecule has 4 aromatic rings. The average Bonchev–Trinajstić information content (AvgIpc) is 3.22. The zero-order valence-electron chi connectivity index (χ0n) is 13.3. The van der Waals surface area contributed by atoms with Crippen LogP contribution in [-0.4, -0.2) is 34.3 Å². The van der Waals surface area contributed by atoms with E-state index in [1.54, 1.807) is 35.7 Å². The van der Waals surface area contributed by atoms with Crippen LogP contribution < -0.4 is 5.56 Å². The first-order chi connectivity index (χ1) is 11.7. The van der Waals surface area contributed by atoms with Crippen molar-refractivity contribution in [2.75, 3.05) is 0 Å². The van der Waals surface area contributed by atoms with Crippen LogP contribution in [0.2, 0.25) is 0 Å². The fraction of sp³-hybridized carbons (Fsp3) is 0.188. The second-order valence-corrected chi connectivity index (χ2v) is 5.42. The molecule has 4 rings (SSSR count). The van der Waals surface area contributed by atoms with E-state index in [0.717, 1.165) is 22.4 Å². The molecule has 0 aliphatic heterocycles. The Balaban J connectivity index is 1.86. The molecule has 8 nitrogen and oxygen atoms in total. The summed E-state index contributed by atoms with van der Waals surface area (Å²) in [5, 5.41) is 7.30. The molecule has 0 bridgehead atoms. The van der Waals surface area contributed by atoms with Crippen molar-refractivity contribution in [2.24, 2.45) is 0 Å². The molecule has 4 aromatic heterocycles. The van der Waals surface area contributed by atoms with Gasteiger partial charge in [0.15, 0.2) is 11.5 Å². The van der Waals surface area contributed by atoms with Gasteiger partial charge in [-0.2, -0.15) is 5.10 Å². The van der Waals surface area contributed by atoms with Crippen LogP contribution in [0, 0.1) is 6.92 Å². The summed E-state index contributed by atoms with van der Waals surface area (Å²) in [6.45, 7) is 3.81. The molecule has 0 aliphatic rings. The van der Waals surface area contributed by atoms with Crippen molar-refractivity contribution in [1.29, 1.82) is 0 Å². The number of hydrogen-bond donors (Lipinski definition) is 1. The summed E-state index contributed by atoms with van der Waals surface area (Å²) in [5.74, 6) is 0.623. The molecule has 4 heterocycles. The van der Waals surface area contributed by atoms with Crippen molar-refractivity contribution < 1.29 is 0 Å². The van der Waals surface area contributed by atoms with E-state index in [-0.39, 0.29) is 5.56 Å². The summed E-state index contributed by atoms with van der Waals surface area (Å²) in [6.07, 6.45) is 10.8. The Kier molecular flexibility index (Phi) is 3.23. The quantitative estimate of drug-likeness (QED) is 0.617. The van der Waals surface area contributed by atoms with Crippen LogP contribution in [0.4, 0.5) is 0 Å². The van der Waals surface area contributed by atoms with Crippen molar-refractivity contribution in [3.05, 3.63) is 58.8 Å². The summed E-state index contributed by atoms with van der Waals surface area (Å²) >= 11 is 0. The molecule has 120 valence electrons. The minimum atomic E-state index is -0.0624. The Morgan fingerprint density at radius 2 is 2.12 bits per heavy atom. The first kappa shape index (κ1) is 14.3. The van der Waals surface area contributed by atoms with Gasteiger partial charge in [0.1, 0.15) is 0 Å². The lowest BCUT2D eigenvalue weighted by molar-refractivity contribution is 0.838. The van der Waals surface area contributed by atoms with Crippen molar-refractivity contribution >= 4 is 5.65 Å². The molecule has 8 heteroatoms. The highest BCUT2D eigenvalue weighted by Gasteiger charge is 2.15. The number of hydrogen-bond acceptors (Lipinski definition) is 5. The first-order valence-electron chi connectivity index (χ1n) is 7.60.